The molecule has 1 aliphatic heterocycles. The van der Waals surface area contributed by atoms with Gasteiger partial charge in [-0.25, -0.2) is 9.97 Å². The van der Waals surface area contributed by atoms with Gasteiger partial charge >= 0.3 is 0 Å². The summed E-state index contributed by atoms with van der Waals surface area (Å²) < 4.78 is 0. The van der Waals surface area contributed by atoms with Gasteiger partial charge in [0.05, 0.1) is 0 Å². The topological polar surface area (TPSA) is 64.5 Å². The molecule has 0 unspecified atom stereocenters. The molecule has 6 heteroatoms. The SMILES string of the molecule is CN1CCN(c2ncc(CNC(C)(C)CCO)cn2)CC1. The molecular formula is C15H27N5O. The highest BCUT2D eigenvalue weighted by Gasteiger charge is 2.17. The van der Waals surface area contributed by atoms with Gasteiger partial charge in [-0.3, -0.25) is 0 Å². The summed E-state index contributed by atoms with van der Waals surface area (Å²) in [6.07, 6.45) is 4.51. The van der Waals surface area contributed by atoms with Gasteiger partial charge in [0, 0.05) is 62.8 Å². The maximum atomic E-state index is 9.02. The van der Waals surface area contributed by atoms with Gasteiger partial charge in [0.15, 0.2) is 0 Å². The monoisotopic (exact) mass is 293 g/mol. The van der Waals surface area contributed by atoms with Crippen LogP contribution in [0.1, 0.15) is 25.8 Å². The van der Waals surface area contributed by atoms with Crippen molar-refractivity contribution >= 4 is 5.95 Å². The minimum atomic E-state index is -0.0785. The van der Waals surface area contributed by atoms with Gasteiger partial charge in [-0.2, -0.15) is 0 Å². The molecule has 0 amide bonds. The zero-order valence-electron chi connectivity index (χ0n) is 13.3. The van der Waals surface area contributed by atoms with E-state index >= 15 is 0 Å². The van der Waals surface area contributed by atoms with Gasteiger partial charge in [-0.15, -0.1) is 0 Å². The largest absolute Gasteiger partial charge is 0.396 e. The van der Waals surface area contributed by atoms with E-state index in [-0.39, 0.29) is 12.1 Å². The van der Waals surface area contributed by atoms with Crippen molar-refractivity contribution in [3.63, 3.8) is 0 Å². The normalized spacial score (nSPS) is 17.2. The third-order valence-corrected chi connectivity index (χ3v) is 3.99. The lowest BCUT2D eigenvalue weighted by molar-refractivity contribution is 0.230. The second-order valence-electron chi connectivity index (χ2n) is 6.39. The molecule has 2 heterocycles. The molecule has 1 aromatic rings. The first-order chi connectivity index (χ1) is 10.00. The summed E-state index contributed by atoms with van der Waals surface area (Å²) in [5.74, 6) is 0.821. The molecule has 6 nitrogen and oxygen atoms in total. The van der Waals surface area contributed by atoms with Crippen LogP contribution in [0.15, 0.2) is 12.4 Å². The molecule has 0 saturated carbocycles. The van der Waals surface area contributed by atoms with Crippen molar-refractivity contribution in [2.75, 3.05) is 44.7 Å². The average Bonchev–Trinajstić information content (AvgIpc) is 2.47. The Balaban J connectivity index is 1.87. The fourth-order valence-corrected chi connectivity index (χ4v) is 2.32. The molecule has 118 valence electrons. The van der Waals surface area contributed by atoms with E-state index in [2.05, 4.69) is 46.0 Å². The van der Waals surface area contributed by atoms with E-state index in [1.54, 1.807) is 0 Å². The molecule has 2 N–H and O–H groups in total. The number of nitrogens with zero attached hydrogens (tertiary/aromatic N) is 4. The molecule has 21 heavy (non-hydrogen) atoms. The molecule has 1 aliphatic rings. The standard InChI is InChI=1S/C15H27N5O/c1-15(2,4-9-21)18-12-13-10-16-14(17-11-13)20-7-5-19(3)6-8-20/h10-11,18,21H,4-9,12H2,1-3H3. The van der Waals surface area contributed by atoms with E-state index in [0.29, 0.717) is 0 Å². The maximum absolute atomic E-state index is 9.02. The predicted molar refractivity (Wildman–Crippen MR) is 84.4 cm³/mol. The Labute approximate surface area is 127 Å². The van der Waals surface area contributed by atoms with Crippen molar-refractivity contribution in [3.8, 4) is 0 Å². The van der Waals surface area contributed by atoms with Crippen LogP contribution in [0.2, 0.25) is 0 Å². The Morgan fingerprint density at radius 2 is 1.81 bits per heavy atom. The van der Waals surface area contributed by atoms with Gasteiger partial charge in [0.25, 0.3) is 0 Å². The second kappa shape index (κ2) is 7.15. The molecule has 0 radical (unpaired) electrons. The highest BCUT2D eigenvalue weighted by atomic mass is 16.3. The number of aromatic nitrogens is 2. The minimum Gasteiger partial charge on any atom is -0.396 e. The summed E-state index contributed by atoms with van der Waals surface area (Å²) in [5, 5.41) is 12.4. The van der Waals surface area contributed by atoms with E-state index < -0.39 is 0 Å². The van der Waals surface area contributed by atoms with Crippen LogP contribution in [-0.2, 0) is 6.54 Å². The molecule has 0 atom stereocenters. The molecule has 1 fully saturated rings. The summed E-state index contributed by atoms with van der Waals surface area (Å²) >= 11 is 0. The van der Waals surface area contributed by atoms with Crippen LogP contribution in [-0.4, -0.2) is 65.3 Å². The number of nitrogens with one attached hydrogen (secondary N) is 1. The van der Waals surface area contributed by atoms with Crippen LogP contribution in [0.4, 0.5) is 5.95 Å². The number of hydrogen-bond donors (Lipinski definition) is 2. The molecule has 0 spiro atoms. The summed E-state index contributed by atoms with van der Waals surface area (Å²) in [7, 11) is 2.14. The van der Waals surface area contributed by atoms with Crippen molar-refractivity contribution < 1.29 is 5.11 Å². The maximum Gasteiger partial charge on any atom is 0.225 e. The number of rotatable bonds is 6. The Morgan fingerprint density at radius 1 is 1.19 bits per heavy atom. The molecule has 1 saturated heterocycles. The van der Waals surface area contributed by atoms with Crippen LogP contribution >= 0.6 is 0 Å². The molecule has 0 bridgehead atoms. The highest BCUT2D eigenvalue weighted by Crippen LogP contribution is 2.12. The molecule has 0 aromatic carbocycles. The van der Waals surface area contributed by atoms with Crippen LogP contribution < -0.4 is 10.2 Å². The average molecular weight is 293 g/mol. The van der Waals surface area contributed by atoms with Crippen molar-refractivity contribution in [2.45, 2.75) is 32.4 Å². The van der Waals surface area contributed by atoms with Crippen molar-refractivity contribution in [1.82, 2.24) is 20.2 Å². The first kappa shape index (κ1) is 16.1. The van der Waals surface area contributed by atoms with Crippen LogP contribution in [0.25, 0.3) is 0 Å². The number of aliphatic hydroxyl groups excluding tert-OH is 1. The highest BCUT2D eigenvalue weighted by molar-refractivity contribution is 5.30. The minimum absolute atomic E-state index is 0.0785. The van der Waals surface area contributed by atoms with E-state index in [0.717, 1.165) is 50.7 Å². The lowest BCUT2D eigenvalue weighted by Gasteiger charge is -2.32. The van der Waals surface area contributed by atoms with E-state index in [9.17, 15) is 0 Å². The van der Waals surface area contributed by atoms with Crippen molar-refractivity contribution in [1.29, 1.82) is 0 Å². The quantitative estimate of drug-likeness (QED) is 0.795. The summed E-state index contributed by atoms with van der Waals surface area (Å²) in [4.78, 5) is 13.5. The zero-order chi connectivity index (χ0) is 15.3. The van der Waals surface area contributed by atoms with Crippen molar-refractivity contribution in [2.24, 2.45) is 0 Å². The number of aliphatic hydroxyl groups is 1. The smallest absolute Gasteiger partial charge is 0.225 e. The summed E-state index contributed by atoms with van der Waals surface area (Å²) in [5.41, 5.74) is 0.990. The van der Waals surface area contributed by atoms with Gasteiger partial charge in [-0.1, -0.05) is 0 Å². The summed E-state index contributed by atoms with van der Waals surface area (Å²) in [6, 6.07) is 0. The van der Waals surface area contributed by atoms with Crippen LogP contribution in [0.5, 0.6) is 0 Å². The van der Waals surface area contributed by atoms with Crippen molar-refractivity contribution in [3.05, 3.63) is 18.0 Å². The first-order valence-electron chi connectivity index (χ1n) is 7.60. The van der Waals surface area contributed by atoms with Gasteiger partial charge in [0.2, 0.25) is 5.95 Å². The van der Waals surface area contributed by atoms with E-state index in [1.807, 2.05) is 12.4 Å². The third kappa shape index (κ3) is 4.91. The second-order valence-corrected chi connectivity index (χ2v) is 6.39. The number of likely N-dealkylation sites (N-methyl/N-ethyl adjacent to an activating group) is 1. The molecule has 1 aromatic heterocycles. The lowest BCUT2D eigenvalue weighted by atomic mass is 10.0. The fourth-order valence-electron chi connectivity index (χ4n) is 2.32. The fraction of sp³-hybridized carbons (Fsp3) is 0.733. The predicted octanol–water partition coefficient (Wildman–Crippen LogP) is 0.479. The number of anilines is 1. The van der Waals surface area contributed by atoms with E-state index in [4.69, 9.17) is 5.11 Å². The van der Waals surface area contributed by atoms with Crippen LogP contribution in [0.3, 0.4) is 0 Å². The van der Waals surface area contributed by atoms with Crippen LogP contribution in [0, 0.1) is 0 Å². The molecule has 0 aliphatic carbocycles. The summed E-state index contributed by atoms with van der Waals surface area (Å²) in [6.45, 7) is 9.17. The number of piperazine rings is 1. The van der Waals surface area contributed by atoms with Gasteiger partial charge < -0.3 is 20.2 Å². The van der Waals surface area contributed by atoms with Gasteiger partial charge in [-0.05, 0) is 27.3 Å². The zero-order valence-corrected chi connectivity index (χ0v) is 13.3. The molecular weight excluding hydrogens is 266 g/mol. The molecule has 2 rings (SSSR count). The lowest BCUT2D eigenvalue weighted by Crippen LogP contribution is -2.45. The Hall–Kier alpha value is -1.24. The first-order valence-corrected chi connectivity index (χ1v) is 7.60. The number of hydrogen-bond acceptors (Lipinski definition) is 6. The Morgan fingerprint density at radius 3 is 2.38 bits per heavy atom. The Bertz CT molecular complexity index is 426. The van der Waals surface area contributed by atoms with E-state index in [1.165, 1.54) is 0 Å². The Kier molecular flexibility index (Phi) is 5.50. The van der Waals surface area contributed by atoms with Gasteiger partial charge in [0.1, 0.15) is 0 Å². The third-order valence-electron chi connectivity index (χ3n) is 3.99.